The van der Waals surface area contributed by atoms with Crippen molar-refractivity contribution in [1.82, 2.24) is 0 Å². The van der Waals surface area contributed by atoms with Gasteiger partial charge in [0.1, 0.15) is 5.75 Å². The highest BCUT2D eigenvalue weighted by molar-refractivity contribution is 5.44. The summed E-state index contributed by atoms with van der Waals surface area (Å²) in [5.74, 6) is -0.720. The normalized spacial score (nSPS) is 13.6. The van der Waals surface area contributed by atoms with Crippen LogP contribution in [0.15, 0.2) is 58.7 Å². The summed E-state index contributed by atoms with van der Waals surface area (Å²) in [6.07, 6.45) is 0. The van der Waals surface area contributed by atoms with Crippen LogP contribution in [-0.4, -0.2) is 5.11 Å². The zero-order chi connectivity index (χ0) is 15.6. The lowest BCUT2D eigenvalue weighted by molar-refractivity contribution is 0.475. The lowest BCUT2D eigenvalue weighted by Gasteiger charge is -1.94. The molecule has 0 heterocycles. The van der Waals surface area contributed by atoms with Gasteiger partial charge in [-0.3, -0.25) is 0 Å². The molecule has 2 aromatic rings. The second-order valence-electron chi connectivity index (χ2n) is 3.06. The molecule has 0 aliphatic carbocycles. The number of aromatic hydroxyl groups is 1. The van der Waals surface area contributed by atoms with Crippen molar-refractivity contribution in [3.8, 4) is 11.8 Å². The van der Waals surface area contributed by atoms with Crippen LogP contribution in [0.25, 0.3) is 0 Å². The lowest BCUT2D eigenvalue weighted by atomic mass is 10.2. The van der Waals surface area contributed by atoms with E-state index in [0.717, 1.165) is 0 Å². The fraction of sp³-hybridized carbons (Fsp3) is 0. The zero-order valence-corrected chi connectivity index (χ0v) is 8.60. The maximum Gasteiger partial charge on any atom is 0.115 e. The van der Waals surface area contributed by atoms with Crippen LogP contribution in [0.1, 0.15) is 11.0 Å². The summed E-state index contributed by atoms with van der Waals surface area (Å²) in [5, 5.41) is 25.6. The number of hydrogen-bond acceptors (Lipinski definition) is 4. The van der Waals surface area contributed by atoms with Gasteiger partial charge in [0.25, 0.3) is 0 Å². The standard InChI is InChI=1S/C13H9N3O/c14-9-10-1-3-11(4-2-10)15-16-12-5-7-13(17)8-6-12/h1-8,17H/i5D,6D,7D,8D. The molecule has 1 N–H and O–H groups in total. The van der Waals surface area contributed by atoms with E-state index in [1.165, 1.54) is 0 Å². The van der Waals surface area contributed by atoms with Gasteiger partial charge in [0.05, 0.1) is 28.5 Å². The SMILES string of the molecule is [2H]c1c([2H])c(N=Nc2ccc(C#N)cc2)c([2H])c([2H])c1O. The Morgan fingerprint density at radius 3 is 2.18 bits per heavy atom. The number of phenolic OH excluding ortho intramolecular Hbond substituents is 1. The maximum atomic E-state index is 9.42. The summed E-state index contributed by atoms with van der Waals surface area (Å²) in [6.45, 7) is 0. The summed E-state index contributed by atoms with van der Waals surface area (Å²) in [4.78, 5) is 0. The van der Waals surface area contributed by atoms with E-state index in [-0.39, 0.29) is 5.69 Å². The fourth-order valence-corrected chi connectivity index (χ4v) is 1.06. The molecule has 0 aliphatic heterocycles. The average molecular weight is 227 g/mol. The molecule has 0 bridgehead atoms. The van der Waals surface area contributed by atoms with Crippen molar-refractivity contribution < 1.29 is 10.6 Å². The Bertz CT molecular complexity index is 737. The maximum absolute atomic E-state index is 9.42. The number of nitriles is 1. The molecule has 0 spiro atoms. The van der Waals surface area contributed by atoms with Crippen molar-refractivity contribution >= 4 is 11.4 Å². The van der Waals surface area contributed by atoms with Crippen molar-refractivity contribution in [2.24, 2.45) is 10.2 Å². The molecule has 4 nitrogen and oxygen atoms in total. The van der Waals surface area contributed by atoms with Gasteiger partial charge in [-0.05, 0) is 48.4 Å². The highest BCUT2D eigenvalue weighted by Gasteiger charge is 1.92. The molecular weight excluding hydrogens is 214 g/mol. The number of phenols is 1. The van der Waals surface area contributed by atoms with Crippen LogP contribution in [0.2, 0.25) is 0 Å². The Morgan fingerprint density at radius 1 is 1.00 bits per heavy atom. The Balaban J connectivity index is 2.44. The molecule has 0 aliphatic rings. The van der Waals surface area contributed by atoms with Gasteiger partial charge in [-0.1, -0.05) is 0 Å². The highest BCUT2D eigenvalue weighted by atomic mass is 16.3. The van der Waals surface area contributed by atoms with E-state index >= 15 is 0 Å². The summed E-state index contributed by atoms with van der Waals surface area (Å²) in [5.41, 5.74) is 0.605. The van der Waals surface area contributed by atoms with Crippen LogP contribution in [0, 0.1) is 11.3 Å². The summed E-state index contributed by atoms with van der Waals surface area (Å²) in [7, 11) is 0. The molecule has 0 amide bonds. The van der Waals surface area contributed by atoms with Crippen molar-refractivity contribution in [2.45, 2.75) is 0 Å². The molecule has 4 heteroatoms. The Kier molecular flexibility index (Phi) is 1.97. The number of hydrogen-bond donors (Lipinski definition) is 1. The predicted molar refractivity (Wildman–Crippen MR) is 63.4 cm³/mol. The Hall–Kier alpha value is -2.67. The first kappa shape index (κ1) is 6.81. The zero-order valence-electron chi connectivity index (χ0n) is 12.6. The van der Waals surface area contributed by atoms with Gasteiger partial charge < -0.3 is 5.11 Å². The third-order valence-corrected chi connectivity index (χ3v) is 1.86. The summed E-state index contributed by atoms with van der Waals surface area (Å²) in [6, 6.07) is 6.06. The number of benzene rings is 2. The van der Waals surface area contributed by atoms with Gasteiger partial charge in [-0.15, -0.1) is 0 Å². The van der Waals surface area contributed by atoms with Crippen molar-refractivity contribution in [1.29, 1.82) is 5.26 Å². The molecule has 0 aromatic heterocycles. The number of azo groups is 1. The van der Waals surface area contributed by atoms with E-state index in [0.29, 0.717) is 11.3 Å². The van der Waals surface area contributed by atoms with E-state index in [1.54, 1.807) is 24.3 Å². The third-order valence-electron chi connectivity index (χ3n) is 1.86. The molecule has 17 heavy (non-hydrogen) atoms. The average Bonchev–Trinajstić information content (AvgIpc) is 2.51. The summed E-state index contributed by atoms with van der Waals surface area (Å²) < 4.78 is 30.3. The molecule has 0 radical (unpaired) electrons. The molecule has 0 saturated heterocycles. The Labute approximate surface area is 104 Å². The lowest BCUT2D eigenvalue weighted by Crippen LogP contribution is -1.70. The molecule has 0 saturated carbocycles. The van der Waals surface area contributed by atoms with Gasteiger partial charge in [-0.25, -0.2) is 0 Å². The molecule has 0 fully saturated rings. The van der Waals surface area contributed by atoms with Crippen LogP contribution in [0.4, 0.5) is 11.4 Å². The topological polar surface area (TPSA) is 68.7 Å². The fourth-order valence-electron chi connectivity index (χ4n) is 1.06. The molecule has 0 unspecified atom stereocenters. The second-order valence-corrected chi connectivity index (χ2v) is 3.06. The molecule has 82 valence electrons. The first-order chi connectivity index (χ1) is 9.95. The van der Waals surface area contributed by atoms with E-state index in [2.05, 4.69) is 10.2 Å². The van der Waals surface area contributed by atoms with Gasteiger partial charge in [0, 0.05) is 0 Å². The van der Waals surface area contributed by atoms with E-state index in [9.17, 15) is 5.11 Å². The van der Waals surface area contributed by atoms with Crippen LogP contribution in [0.3, 0.4) is 0 Å². The minimum absolute atomic E-state index is 0.257. The van der Waals surface area contributed by atoms with Crippen molar-refractivity contribution in [3.05, 3.63) is 54.0 Å². The minimum atomic E-state index is -0.720. The van der Waals surface area contributed by atoms with E-state index in [1.807, 2.05) is 6.07 Å². The minimum Gasteiger partial charge on any atom is -0.508 e. The number of rotatable bonds is 2. The quantitative estimate of drug-likeness (QED) is 0.795. The molecule has 2 aromatic carbocycles. The molecular formula is C13H9N3O. The van der Waals surface area contributed by atoms with Crippen LogP contribution in [-0.2, 0) is 0 Å². The van der Waals surface area contributed by atoms with Crippen LogP contribution in [0.5, 0.6) is 5.75 Å². The van der Waals surface area contributed by atoms with Crippen molar-refractivity contribution in [3.63, 3.8) is 0 Å². The number of nitrogens with zero attached hydrogens (tertiary/aromatic N) is 3. The van der Waals surface area contributed by atoms with Crippen LogP contribution < -0.4 is 0 Å². The van der Waals surface area contributed by atoms with E-state index in [4.69, 9.17) is 10.7 Å². The van der Waals surface area contributed by atoms with Gasteiger partial charge in [-0.2, -0.15) is 15.5 Å². The Morgan fingerprint density at radius 2 is 1.59 bits per heavy atom. The first-order valence-electron chi connectivity index (χ1n) is 6.67. The second kappa shape index (κ2) is 4.90. The summed E-state index contributed by atoms with van der Waals surface area (Å²) >= 11 is 0. The van der Waals surface area contributed by atoms with Gasteiger partial charge >= 0.3 is 0 Å². The molecule has 0 atom stereocenters. The third kappa shape index (κ3) is 2.89. The monoisotopic (exact) mass is 227 g/mol. The highest BCUT2D eigenvalue weighted by Crippen LogP contribution is 2.20. The molecule has 2 rings (SSSR count). The van der Waals surface area contributed by atoms with Crippen LogP contribution >= 0.6 is 0 Å². The van der Waals surface area contributed by atoms with Gasteiger partial charge in [0.2, 0.25) is 0 Å². The first-order valence-corrected chi connectivity index (χ1v) is 4.67. The van der Waals surface area contributed by atoms with E-state index < -0.39 is 29.9 Å². The van der Waals surface area contributed by atoms with Gasteiger partial charge in [0.15, 0.2) is 0 Å². The smallest absolute Gasteiger partial charge is 0.115 e. The predicted octanol–water partition coefficient (Wildman–Crippen LogP) is 3.68. The van der Waals surface area contributed by atoms with Crippen molar-refractivity contribution in [2.75, 3.05) is 0 Å². The largest absolute Gasteiger partial charge is 0.508 e.